The number of aromatic nitrogens is 2. The number of benzene rings is 1. The van der Waals surface area contributed by atoms with E-state index in [1.165, 1.54) is 0 Å². The normalized spacial score (nSPS) is 11.0. The monoisotopic (exact) mass is 337 g/mol. The van der Waals surface area contributed by atoms with E-state index in [2.05, 4.69) is 28.7 Å². The molecule has 25 heavy (non-hydrogen) atoms. The molecular weight excluding hydrogens is 314 g/mol. The van der Waals surface area contributed by atoms with Crippen molar-refractivity contribution in [1.29, 1.82) is 0 Å². The van der Waals surface area contributed by atoms with Crippen molar-refractivity contribution in [3.63, 3.8) is 0 Å². The van der Waals surface area contributed by atoms with Gasteiger partial charge in [-0.3, -0.25) is 9.78 Å². The van der Waals surface area contributed by atoms with E-state index < -0.39 is 0 Å². The molecule has 130 valence electrons. The van der Waals surface area contributed by atoms with Gasteiger partial charge >= 0.3 is 0 Å². The summed E-state index contributed by atoms with van der Waals surface area (Å²) in [5, 5.41) is 3.90. The fraction of sp³-hybridized carbons (Fsp3) is 0.300. The summed E-state index contributed by atoms with van der Waals surface area (Å²) in [6, 6.07) is 11.9. The SMILES string of the molecule is COc1ccc2c(c1)c(C(=O)NCCc1ccccn1)cn2C(C)C. The van der Waals surface area contributed by atoms with Gasteiger partial charge in [0.25, 0.3) is 5.91 Å². The van der Waals surface area contributed by atoms with Gasteiger partial charge in [0.1, 0.15) is 5.75 Å². The zero-order valence-corrected chi connectivity index (χ0v) is 14.8. The molecule has 1 aromatic carbocycles. The van der Waals surface area contributed by atoms with Crippen molar-refractivity contribution >= 4 is 16.8 Å². The van der Waals surface area contributed by atoms with Crippen LogP contribution in [-0.2, 0) is 6.42 Å². The standard InChI is InChI=1S/C20H23N3O2/c1-14(2)23-13-18(17-12-16(25-3)7-8-19(17)23)20(24)22-11-9-15-6-4-5-10-21-15/h4-8,10,12-14H,9,11H2,1-3H3,(H,22,24). The van der Waals surface area contributed by atoms with Gasteiger partial charge in [0.05, 0.1) is 12.7 Å². The largest absolute Gasteiger partial charge is 0.497 e. The van der Waals surface area contributed by atoms with Crippen LogP contribution in [0, 0.1) is 0 Å². The number of hydrogen-bond donors (Lipinski definition) is 1. The third kappa shape index (κ3) is 3.65. The molecule has 0 saturated carbocycles. The van der Waals surface area contributed by atoms with Gasteiger partial charge in [-0.1, -0.05) is 6.07 Å². The predicted octanol–water partition coefficient (Wildman–Crippen LogP) is 3.60. The number of amides is 1. The molecule has 0 saturated heterocycles. The quantitative estimate of drug-likeness (QED) is 0.748. The Balaban J connectivity index is 1.82. The minimum atomic E-state index is -0.0754. The molecule has 5 nitrogen and oxygen atoms in total. The van der Waals surface area contributed by atoms with Gasteiger partial charge in [-0.25, -0.2) is 0 Å². The fourth-order valence-corrected chi connectivity index (χ4v) is 2.91. The Morgan fingerprint density at radius 3 is 2.80 bits per heavy atom. The topological polar surface area (TPSA) is 56.1 Å². The number of nitrogens with one attached hydrogen (secondary N) is 1. The highest BCUT2D eigenvalue weighted by atomic mass is 16.5. The number of fused-ring (bicyclic) bond motifs is 1. The van der Waals surface area contributed by atoms with Crippen LogP contribution in [0.1, 0.15) is 35.9 Å². The van der Waals surface area contributed by atoms with Crippen molar-refractivity contribution < 1.29 is 9.53 Å². The summed E-state index contributed by atoms with van der Waals surface area (Å²) in [5.74, 6) is 0.671. The summed E-state index contributed by atoms with van der Waals surface area (Å²) in [6.45, 7) is 4.76. The van der Waals surface area contributed by atoms with E-state index in [-0.39, 0.29) is 11.9 Å². The van der Waals surface area contributed by atoms with Crippen LogP contribution < -0.4 is 10.1 Å². The Bertz CT molecular complexity index is 869. The Morgan fingerprint density at radius 2 is 2.12 bits per heavy atom. The summed E-state index contributed by atoms with van der Waals surface area (Å²) in [6.07, 6.45) is 4.39. The van der Waals surface area contributed by atoms with Crippen LogP contribution in [0.5, 0.6) is 5.75 Å². The van der Waals surface area contributed by atoms with Crippen LogP contribution in [0.2, 0.25) is 0 Å². The maximum absolute atomic E-state index is 12.7. The third-order valence-electron chi connectivity index (χ3n) is 4.23. The van der Waals surface area contributed by atoms with E-state index in [0.29, 0.717) is 18.5 Å². The lowest BCUT2D eigenvalue weighted by Crippen LogP contribution is -2.25. The van der Waals surface area contributed by atoms with Crippen molar-refractivity contribution in [2.24, 2.45) is 0 Å². The van der Waals surface area contributed by atoms with Crippen LogP contribution in [0.4, 0.5) is 0 Å². The highest BCUT2D eigenvalue weighted by molar-refractivity contribution is 6.07. The molecule has 1 N–H and O–H groups in total. The molecule has 2 aromatic heterocycles. The Kier molecular flexibility index (Phi) is 5.03. The molecule has 3 aromatic rings. The van der Waals surface area contributed by atoms with Gasteiger partial charge in [-0.15, -0.1) is 0 Å². The first kappa shape index (κ1) is 17.0. The molecule has 0 aliphatic rings. The predicted molar refractivity (Wildman–Crippen MR) is 99.1 cm³/mol. The number of carbonyl (C=O) groups is 1. The van der Waals surface area contributed by atoms with E-state index in [1.807, 2.05) is 42.6 Å². The summed E-state index contributed by atoms with van der Waals surface area (Å²) in [4.78, 5) is 17.0. The van der Waals surface area contributed by atoms with E-state index in [0.717, 1.165) is 22.3 Å². The van der Waals surface area contributed by atoms with Crippen LogP contribution >= 0.6 is 0 Å². The van der Waals surface area contributed by atoms with Crippen molar-refractivity contribution in [2.45, 2.75) is 26.3 Å². The number of pyridine rings is 1. The van der Waals surface area contributed by atoms with Crippen molar-refractivity contribution in [3.05, 3.63) is 60.0 Å². The smallest absolute Gasteiger partial charge is 0.253 e. The molecule has 0 spiro atoms. The maximum Gasteiger partial charge on any atom is 0.253 e. The second-order valence-corrected chi connectivity index (χ2v) is 6.25. The molecule has 0 aliphatic carbocycles. The lowest BCUT2D eigenvalue weighted by atomic mass is 10.1. The molecule has 0 radical (unpaired) electrons. The minimum Gasteiger partial charge on any atom is -0.497 e. The van der Waals surface area contributed by atoms with Crippen LogP contribution in [0.3, 0.4) is 0 Å². The Morgan fingerprint density at radius 1 is 1.28 bits per heavy atom. The first-order valence-electron chi connectivity index (χ1n) is 8.47. The molecular formula is C20H23N3O2. The number of ether oxygens (including phenoxy) is 1. The average Bonchev–Trinajstić information content (AvgIpc) is 3.01. The lowest BCUT2D eigenvalue weighted by molar-refractivity contribution is 0.0955. The number of hydrogen-bond acceptors (Lipinski definition) is 3. The van der Waals surface area contributed by atoms with Crippen molar-refractivity contribution in [2.75, 3.05) is 13.7 Å². The van der Waals surface area contributed by atoms with E-state index in [1.54, 1.807) is 13.3 Å². The third-order valence-corrected chi connectivity index (χ3v) is 4.23. The van der Waals surface area contributed by atoms with E-state index >= 15 is 0 Å². The van der Waals surface area contributed by atoms with Gasteiger partial charge in [0.15, 0.2) is 0 Å². The fourth-order valence-electron chi connectivity index (χ4n) is 2.91. The van der Waals surface area contributed by atoms with Gasteiger partial charge < -0.3 is 14.6 Å². The molecule has 0 unspecified atom stereocenters. The average molecular weight is 337 g/mol. The van der Waals surface area contributed by atoms with Gasteiger partial charge in [-0.2, -0.15) is 0 Å². The Hall–Kier alpha value is -2.82. The Labute approximate surface area is 147 Å². The molecule has 5 heteroatoms. The summed E-state index contributed by atoms with van der Waals surface area (Å²) in [5.41, 5.74) is 2.67. The van der Waals surface area contributed by atoms with Gasteiger partial charge in [0, 0.05) is 48.0 Å². The minimum absolute atomic E-state index is 0.0754. The van der Waals surface area contributed by atoms with E-state index in [4.69, 9.17) is 4.74 Å². The summed E-state index contributed by atoms with van der Waals surface area (Å²) < 4.78 is 7.43. The second kappa shape index (κ2) is 7.38. The molecule has 0 atom stereocenters. The van der Waals surface area contributed by atoms with Gasteiger partial charge in [0.2, 0.25) is 0 Å². The number of nitrogens with zero attached hydrogens (tertiary/aromatic N) is 2. The first-order valence-corrected chi connectivity index (χ1v) is 8.47. The molecule has 3 rings (SSSR count). The highest BCUT2D eigenvalue weighted by Crippen LogP contribution is 2.28. The molecule has 0 aliphatic heterocycles. The second-order valence-electron chi connectivity index (χ2n) is 6.25. The maximum atomic E-state index is 12.7. The number of carbonyl (C=O) groups excluding carboxylic acids is 1. The summed E-state index contributed by atoms with van der Waals surface area (Å²) >= 11 is 0. The van der Waals surface area contributed by atoms with Crippen LogP contribution in [-0.4, -0.2) is 29.1 Å². The summed E-state index contributed by atoms with van der Waals surface area (Å²) in [7, 11) is 1.63. The highest BCUT2D eigenvalue weighted by Gasteiger charge is 2.17. The van der Waals surface area contributed by atoms with Gasteiger partial charge in [-0.05, 0) is 44.2 Å². The van der Waals surface area contributed by atoms with Crippen LogP contribution in [0.25, 0.3) is 10.9 Å². The first-order chi connectivity index (χ1) is 12.1. The van der Waals surface area contributed by atoms with E-state index in [9.17, 15) is 4.79 Å². The molecule has 0 bridgehead atoms. The zero-order valence-electron chi connectivity index (χ0n) is 14.8. The molecule has 2 heterocycles. The zero-order chi connectivity index (χ0) is 17.8. The van der Waals surface area contributed by atoms with Crippen molar-refractivity contribution in [3.8, 4) is 5.75 Å². The number of rotatable bonds is 6. The lowest BCUT2D eigenvalue weighted by Gasteiger charge is -2.09. The van der Waals surface area contributed by atoms with Crippen molar-refractivity contribution in [1.82, 2.24) is 14.9 Å². The number of methoxy groups -OCH3 is 1. The molecule has 1 amide bonds. The van der Waals surface area contributed by atoms with Crippen LogP contribution in [0.15, 0.2) is 48.8 Å². The molecule has 0 fully saturated rings.